The van der Waals surface area contributed by atoms with Crippen LogP contribution in [0.3, 0.4) is 0 Å². The number of piperidine rings is 1. The minimum absolute atomic E-state index is 0.0137. The fraction of sp³-hybridized carbons (Fsp3) is 0.525. The molecule has 0 saturated carbocycles. The molecule has 3 N–H and O–H groups in total. The van der Waals surface area contributed by atoms with Gasteiger partial charge in [-0.05, 0) is 47.4 Å². The molecule has 11 nitrogen and oxygen atoms in total. The average Bonchev–Trinajstić information content (AvgIpc) is 3.16. The van der Waals surface area contributed by atoms with Crippen LogP contribution in [0.5, 0.6) is 23.0 Å². The van der Waals surface area contributed by atoms with Gasteiger partial charge in [0, 0.05) is 51.1 Å². The van der Waals surface area contributed by atoms with Gasteiger partial charge in [0.25, 0.3) is 0 Å². The third-order valence-corrected chi connectivity index (χ3v) is 9.34. The Labute approximate surface area is 302 Å². The monoisotopic (exact) mass is 708 g/mol. The predicted octanol–water partition coefficient (Wildman–Crippen LogP) is 5.35. The van der Waals surface area contributed by atoms with Crippen molar-refractivity contribution < 1.29 is 43.1 Å². The number of hydrogen-bond acceptors (Lipinski definition) is 10. The zero-order valence-electron chi connectivity index (χ0n) is 30.8. The summed E-state index contributed by atoms with van der Waals surface area (Å²) in [5.41, 5.74) is 9.13. The van der Waals surface area contributed by atoms with Crippen molar-refractivity contribution in [3.63, 3.8) is 0 Å². The van der Waals surface area contributed by atoms with Gasteiger partial charge in [0.2, 0.25) is 5.91 Å². The fourth-order valence-corrected chi connectivity index (χ4v) is 6.13. The summed E-state index contributed by atoms with van der Waals surface area (Å²) < 4.78 is 40.3. The van der Waals surface area contributed by atoms with E-state index in [4.69, 9.17) is 38.9 Å². The maximum Gasteiger partial charge on any atom is 0.239 e. The lowest BCUT2D eigenvalue weighted by atomic mass is 9.84. The highest BCUT2D eigenvalue weighted by atomic mass is 16.5. The van der Waals surface area contributed by atoms with E-state index in [0.717, 1.165) is 47.5 Å². The largest absolute Gasteiger partial charge is 0.496 e. The van der Waals surface area contributed by atoms with Gasteiger partial charge in [-0.2, -0.15) is 0 Å². The second kappa shape index (κ2) is 20.8. The van der Waals surface area contributed by atoms with Crippen LogP contribution in [0.4, 0.5) is 0 Å². The lowest BCUT2D eigenvalue weighted by Gasteiger charge is -2.43. The number of nitrogens with zero attached hydrogens (tertiary/aromatic N) is 1. The van der Waals surface area contributed by atoms with E-state index in [1.54, 1.807) is 26.2 Å². The molecule has 51 heavy (non-hydrogen) atoms. The van der Waals surface area contributed by atoms with Gasteiger partial charge in [-0.25, -0.2) is 0 Å². The molecule has 11 heteroatoms. The molecule has 1 amide bonds. The topological polar surface area (TPSA) is 131 Å². The van der Waals surface area contributed by atoms with Crippen LogP contribution in [0.1, 0.15) is 55.7 Å². The Morgan fingerprint density at radius 1 is 0.863 bits per heavy atom. The molecule has 4 rings (SSSR count). The normalized spacial score (nSPS) is 18.6. The molecule has 5 unspecified atom stereocenters. The molecule has 1 aliphatic rings. The van der Waals surface area contributed by atoms with E-state index in [9.17, 15) is 9.90 Å². The van der Waals surface area contributed by atoms with Crippen molar-refractivity contribution in [3.05, 3.63) is 83.4 Å². The number of carbonyl (C=O) groups is 1. The number of aliphatic hydroxyl groups excluding tert-OH is 1. The van der Waals surface area contributed by atoms with Crippen LogP contribution in [0, 0.1) is 5.92 Å². The Kier molecular flexibility index (Phi) is 16.3. The Balaban J connectivity index is 1.40. The fourth-order valence-electron chi connectivity index (χ4n) is 6.13. The summed E-state index contributed by atoms with van der Waals surface area (Å²) in [6, 6.07) is 20.6. The van der Waals surface area contributed by atoms with Gasteiger partial charge in [-0.3, -0.25) is 4.79 Å². The summed E-state index contributed by atoms with van der Waals surface area (Å²) in [6.45, 7) is 7.29. The Morgan fingerprint density at radius 2 is 1.59 bits per heavy atom. The second-order valence-corrected chi connectivity index (χ2v) is 12.9. The van der Waals surface area contributed by atoms with E-state index in [0.29, 0.717) is 51.1 Å². The van der Waals surface area contributed by atoms with Crippen molar-refractivity contribution in [1.29, 1.82) is 0 Å². The summed E-state index contributed by atoms with van der Waals surface area (Å²) in [7, 11) is 4.92. The number of carbonyl (C=O) groups excluding carboxylic acids is 1. The quantitative estimate of drug-likeness (QED) is 0.140. The number of rotatable bonds is 21. The molecule has 0 spiro atoms. The summed E-state index contributed by atoms with van der Waals surface area (Å²) in [5.74, 6) is 2.23. The highest BCUT2D eigenvalue weighted by Crippen LogP contribution is 2.34. The van der Waals surface area contributed by atoms with Crippen LogP contribution < -0.4 is 24.7 Å². The van der Waals surface area contributed by atoms with Crippen molar-refractivity contribution in [3.8, 4) is 23.0 Å². The Bertz CT molecular complexity index is 1470. The highest BCUT2D eigenvalue weighted by Gasteiger charge is 2.41. The molecule has 3 aromatic carbocycles. The maximum atomic E-state index is 13.4. The van der Waals surface area contributed by atoms with E-state index in [2.05, 4.69) is 0 Å². The number of benzene rings is 3. The van der Waals surface area contributed by atoms with Gasteiger partial charge in [0.15, 0.2) is 11.5 Å². The van der Waals surface area contributed by atoms with Gasteiger partial charge in [-0.15, -0.1) is 0 Å². The maximum absolute atomic E-state index is 13.4. The molecule has 5 atom stereocenters. The lowest BCUT2D eigenvalue weighted by Crippen LogP contribution is -2.57. The Morgan fingerprint density at radius 3 is 2.31 bits per heavy atom. The van der Waals surface area contributed by atoms with Crippen molar-refractivity contribution in [1.82, 2.24) is 4.90 Å². The van der Waals surface area contributed by atoms with Crippen LogP contribution in [0.2, 0.25) is 0 Å². The highest BCUT2D eigenvalue weighted by molar-refractivity contribution is 5.82. The zero-order chi connectivity index (χ0) is 36.6. The SMILES string of the molecule is CCC(C)C(N)C(=O)N1CC(O)C(c2ccc(OCCCOCc3ccccc3OC)cc2)C(OCc2ccc(OC)c(OCCCOC)c2)C1. The first-order valence-electron chi connectivity index (χ1n) is 17.8. The van der Waals surface area contributed by atoms with Gasteiger partial charge in [-0.1, -0.05) is 56.7 Å². The molecule has 1 saturated heterocycles. The summed E-state index contributed by atoms with van der Waals surface area (Å²) in [4.78, 5) is 15.1. The first-order valence-corrected chi connectivity index (χ1v) is 17.8. The second-order valence-electron chi connectivity index (χ2n) is 12.9. The van der Waals surface area contributed by atoms with E-state index in [1.807, 2.05) is 80.6 Å². The number of ether oxygens (including phenoxy) is 7. The number of hydrogen-bond donors (Lipinski definition) is 2. The third kappa shape index (κ3) is 11.6. The molecule has 280 valence electrons. The van der Waals surface area contributed by atoms with Gasteiger partial charge < -0.3 is 48.9 Å². The van der Waals surface area contributed by atoms with Crippen molar-refractivity contribution in [2.24, 2.45) is 11.7 Å². The first-order chi connectivity index (χ1) is 24.8. The number of nitrogens with two attached hydrogens (primary N) is 1. The van der Waals surface area contributed by atoms with Gasteiger partial charge >= 0.3 is 0 Å². The standard InChI is InChI=1S/C40H56N2O9/c1-6-28(2)39(41)40(44)42-24-33(43)38(37(25-42)51-26-29-13-18-35(47-5)36(23-29)50-22-9-19-45-3)30-14-16-32(17-15-30)49-21-10-20-48-27-31-11-7-8-12-34(31)46-4/h7-8,11-18,23,28,33,37-39,43H,6,9-10,19-22,24-27,41H2,1-5H3. The number of amides is 1. The van der Waals surface area contributed by atoms with Gasteiger partial charge in [0.05, 0.1) is 65.5 Å². The van der Waals surface area contributed by atoms with Crippen LogP contribution in [-0.4, -0.2) is 95.0 Å². The molecule has 0 radical (unpaired) electrons. The summed E-state index contributed by atoms with van der Waals surface area (Å²) in [6.07, 6.45) is 0.890. The first kappa shape index (κ1) is 39.9. The van der Waals surface area contributed by atoms with E-state index >= 15 is 0 Å². The molecule has 1 heterocycles. The molecule has 0 aliphatic carbocycles. The molecule has 1 fully saturated rings. The van der Waals surface area contributed by atoms with Crippen molar-refractivity contribution >= 4 is 5.91 Å². The van der Waals surface area contributed by atoms with E-state index < -0.39 is 18.2 Å². The molecular weight excluding hydrogens is 652 g/mol. The number of para-hydroxylation sites is 1. The summed E-state index contributed by atoms with van der Waals surface area (Å²) in [5, 5.41) is 11.5. The predicted molar refractivity (Wildman–Crippen MR) is 196 cm³/mol. The number of β-amino-alcohol motifs (C(OH)–C–C–N with tert-alkyl or cyclic N) is 1. The number of likely N-dealkylation sites (tertiary alicyclic amines) is 1. The van der Waals surface area contributed by atoms with Crippen molar-refractivity contribution in [2.45, 2.75) is 70.5 Å². The average molecular weight is 709 g/mol. The van der Waals surface area contributed by atoms with Crippen LogP contribution >= 0.6 is 0 Å². The van der Waals surface area contributed by atoms with Crippen LogP contribution in [0.25, 0.3) is 0 Å². The lowest BCUT2D eigenvalue weighted by molar-refractivity contribution is -0.144. The molecule has 0 bridgehead atoms. The molecule has 1 aliphatic heterocycles. The van der Waals surface area contributed by atoms with E-state index in [1.165, 1.54) is 0 Å². The smallest absolute Gasteiger partial charge is 0.239 e. The molecular formula is C40H56N2O9. The van der Waals surface area contributed by atoms with E-state index in [-0.39, 0.29) is 30.9 Å². The minimum atomic E-state index is -0.862. The third-order valence-electron chi connectivity index (χ3n) is 9.34. The van der Waals surface area contributed by atoms with Gasteiger partial charge in [0.1, 0.15) is 11.5 Å². The summed E-state index contributed by atoms with van der Waals surface area (Å²) >= 11 is 0. The minimum Gasteiger partial charge on any atom is -0.496 e. The number of aliphatic hydroxyl groups is 1. The number of methoxy groups -OCH3 is 3. The zero-order valence-corrected chi connectivity index (χ0v) is 30.8. The van der Waals surface area contributed by atoms with Crippen LogP contribution in [0.15, 0.2) is 66.7 Å². The Hall–Kier alpha value is -3.87. The molecule has 3 aromatic rings. The molecule has 0 aromatic heterocycles. The van der Waals surface area contributed by atoms with Crippen molar-refractivity contribution in [2.75, 3.05) is 60.8 Å². The van der Waals surface area contributed by atoms with Crippen LogP contribution in [-0.2, 0) is 32.2 Å².